The van der Waals surface area contributed by atoms with Gasteiger partial charge in [0.2, 0.25) is 0 Å². The number of nitrogens with zero attached hydrogens (tertiary/aromatic N) is 1. The van der Waals surface area contributed by atoms with E-state index in [0.717, 1.165) is 0 Å². The van der Waals surface area contributed by atoms with Crippen molar-refractivity contribution in [2.45, 2.75) is 44.8 Å². The van der Waals surface area contributed by atoms with Crippen LogP contribution in [0.4, 0.5) is 0 Å². The van der Waals surface area contributed by atoms with Crippen molar-refractivity contribution in [1.82, 2.24) is 0 Å². The zero-order valence-electron chi connectivity index (χ0n) is 11.4. The van der Waals surface area contributed by atoms with Crippen LogP contribution in [-0.4, -0.2) is 43.3 Å². The second-order valence-corrected chi connectivity index (χ2v) is 8.36. The van der Waals surface area contributed by atoms with E-state index in [9.17, 15) is 18.8 Å². The van der Waals surface area contributed by atoms with Gasteiger partial charge in [0.25, 0.3) is 0 Å². The summed E-state index contributed by atoms with van der Waals surface area (Å²) < 4.78 is 29.0. The van der Waals surface area contributed by atoms with Crippen LogP contribution in [0.5, 0.6) is 0 Å². The summed E-state index contributed by atoms with van der Waals surface area (Å²) >= 11 is 0. The fraction of sp³-hybridized carbons (Fsp3) is 0.923. The summed E-state index contributed by atoms with van der Waals surface area (Å²) in [7, 11) is -3.21. The van der Waals surface area contributed by atoms with Crippen LogP contribution >= 0.6 is 0 Å². The Labute approximate surface area is 114 Å². The van der Waals surface area contributed by atoms with Crippen LogP contribution < -0.4 is 0 Å². The van der Waals surface area contributed by atoms with Crippen molar-refractivity contribution >= 4 is 9.84 Å². The number of rotatable bonds is 2. The van der Waals surface area contributed by atoms with E-state index in [4.69, 9.17) is 4.74 Å². The Bertz CT molecular complexity index is 495. The molecule has 0 aromatic heterocycles. The highest BCUT2D eigenvalue weighted by molar-refractivity contribution is 7.91. The molecule has 0 bridgehead atoms. The Morgan fingerprint density at radius 2 is 2.11 bits per heavy atom. The van der Waals surface area contributed by atoms with E-state index >= 15 is 0 Å². The van der Waals surface area contributed by atoms with Crippen LogP contribution in [0.2, 0.25) is 0 Å². The number of aliphatic hydroxyl groups is 1. The molecule has 2 aliphatic heterocycles. The van der Waals surface area contributed by atoms with E-state index in [0.29, 0.717) is 19.4 Å². The first-order valence-electron chi connectivity index (χ1n) is 6.69. The van der Waals surface area contributed by atoms with Crippen LogP contribution in [0.1, 0.15) is 33.1 Å². The maximum Gasteiger partial charge on any atom is 0.152 e. The molecule has 2 saturated heterocycles. The first kappa shape index (κ1) is 14.8. The largest absolute Gasteiger partial charge is 0.388 e. The molecule has 6 heteroatoms. The molecule has 108 valence electrons. The molecule has 1 N–H and O–H groups in total. The summed E-state index contributed by atoms with van der Waals surface area (Å²) in [5.74, 6) is 0.00836. The average Bonchev–Trinajstić information content (AvgIpc) is 2.67. The second kappa shape index (κ2) is 4.72. The van der Waals surface area contributed by atoms with Crippen LogP contribution in [-0.2, 0) is 14.6 Å². The van der Waals surface area contributed by atoms with Gasteiger partial charge in [-0.1, -0.05) is 13.8 Å². The summed E-state index contributed by atoms with van der Waals surface area (Å²) in [6.07, 6.45) is 0.785. The number of hydrogen-bond acceptors (Lipinski definition) is 5. The van der Waals surface area contributed by atoms with Gasteiger partial charge >= 0.3 is 0 Å². The summed E-state index contributed by atoms with van der Waals surface area (Å²) in [6.45, 7) is 4.38. The molecule has 0 aromatic rings. The van der Waals surface area contributed by atoms with E-state index < -0.39 is 20.9 Å². The van der Waals surface area contributed by atoms with E-state index in [2.05, 4.69) is 6.07 Å². The molecule has 0 saturated carbocycles. The van der Waals surface area contributed by atoms with Crippen molar-refractivity contribution in [1.29, 1.82) is 5.26 Å². The first-order chi connectivity index (χ1) is 8.74. The standard InChI is InChI=1S/C13H21NO4S/c1-10(2)11-7-13(15,3-5-18-11)12(8-14)4-6-19(16,17)9-12/h10-11,15H,3-7,9H2,1-2H3. The predicted molar refractivity (Wildman–Crippen MR) is 70.1 cm³/mol. The van der Waals surface area contributed by atoms with Crippen molar-refractivity contribution in [2.24, 2.45) is 11.3 Å². The average molecular weight is 287 g/mol. The highest BCUT2D eigenvalue weighted by Gasteiger charge is 2.58. The SMILES string of the molecule is CC(C)C1CC(O)(C2(C#N)CCS(=O)(=O)C2)CCO1. The van der Waals surface area contributed by atoms with Crippen molar-refractivity contribution in [3.8, 4) is 6.07 Å². The lowest BCUT2D eigenvalue weighted by Crippen LogP contribution is -2.54. The molecular formula is C13H21NO4S. The van der Waals surface area contributed by atoms with Gasteiger partial charge in [-0.2, -0.15) is 5.26 Å². The van der Waals surface area contributed by atoms with E-state index in [-0.39, 0.29) is 29.9 Å². The summed E-state index contributed by atoms with van der Waals surface area (Å²) in [5.41, 5.74) is -2.42. The monoisotopic (exact) mass is 287 g/mol. The maximum absolute atomic E-state index is 11.7. The lowest BCUT2D eigenvalue weighted by atomic mass is 9.66. The van der Waals surface area contributed by atoms with Gasteiger partial charge in [-0.25, -0.2) is 8.42 Å². The van der Waals surface area contributed by atoms with Crippen molar-refractivity contribution < 1.29 is 18.3 Å². The number of ether oxygens (including phenoxy) is 1. The Kier molecular flexibility index (Phi) is 3.67. The summed E-state index contributed by atoms with van der Waals surface area (Å²) in [6, 6.07) is 2.12. The van der Waals surface area contributed by atoms with E-state index in [1.807, 2.05) is 13.8 Å². The summed E-state index contributed by atoms with van der Waals surface area (Å²) in [5, 5.41) is 20.4. The van der Waals surface area contributed by atoms with E-state index in [1.165, 1.54) is 0 Å². The van der Waals surface area contributed by atoms with Crippen LogP contribution in [0.3, 0.4) is 0 Å². The molecule has 2 rings (SSSR count). The molecule has 2 fully saturated rings. The molecular weight excluding hydrogens is 266 g/mol. The fourth-order valence-corrected chi connectivity index (χ4v) is 5.18. The minimum Gasteiger partial charge on any atom is -0.388 e. The number of sulfone groups is 1. The topological polar surface area (TPSA) is 87.4 Å². The van der Waals surface area contributed by atoms with Crippen molar-refractivity contribution in [3.63, 3.8) is 0 Å². The Morgan fingerprint density at radius 3 is 2.58 bits per heavy atom. The molecule has 19 heavy (non-hydrogen) atoms. The first-order valence-corrected chi connectivity index (χ1v) is 8.51. The van der Waals surface area contributed by atoms with Crippen LogP contribution in [0.15, 0.2) is 0 Å². The van der Waals surface area contributed by atoms with Gasteiger partial charge in [0.05, 0.1) is 29.3 Å². The molecule has 0 aromatic carbocycles. The van der Waals surface area contributed by atoms with Gasteiger partial charge in [-0.15, -0.1) is 0 Å². The van der Waals surface area contributed by atoms with Gasteiger partial charge in [0.1, 0.15) is 5.41 Å². The highest BCUT2D eigenvalue weighted by atomic mass is 32.2. The molecule has 2 aliphatic rings. The Balaban J connectivity index is 2.30. The van der Waals surface area contributed by atoms with E-state index in [1.54, 1.807) is 0 Å². The lowest BCUT2D eigenvalue weighted by Gasteiger charge is -2.45. The molecule has 5 nitrogen and oxygen atoms in total. The van der Waals surface area contributed by atoms with Crippen molar-refractivity contribution in [3.05, 3.63) is 0 Å². The number of hydrogen-bond donors (Lipinski definition) is 1. The third-order valence-corrected chi connectivity index (χ3v) is 6.30. The zero-order chi connectivity index (χ0) is 14.3. The molecule has 3 unspecified atom stereocenters. The van der Waals surface area contributed by atoms with Gasteiger partial charge in [0.15, 0.2) is 9.84 Å². The second-order valence-electron chi connectivity index (χ2n) is 6.17. The zero-order valence-corrected chi connectivity index (χ0v) is 12.2. The molecule has 0 radical (unpaired) electrons. The van der Waals surface area contributed by atoms with Gasteiger partial charge in [0, 0.05) is 19.4 Å². The third kappa shape index (κ3) is 2.51. The van der Waals surface area contributed by atoms with Gasteiger partial charge < -0.3 is 9.84 Å². The minimum atomic E-state index is -3.21. The minimum absolute atomic E-state index is 0.00390. The Hall–Kier alpha value is -0.640. The normalized spacial score (nSPS) is 42.2. The maximum atomic E-state index is 11.7. The molecule has 0 amide bonds. The lowest BCUT2D eigenvalue weighted by molar-refractivity contribution is -0.155. The van der Waals surface area contributed by atoms with Gasteiger partial charge in [-0.05, 0) is 12.3 Å². The number of nitriles is 1. The predicted octanol–water partition coefficient (Wildman–Crippen LogP) is 0.881. The highest BCUT2D eigenvalue weighted by Crippen LogP contribution is 2.48. The molecule has 0 spiro atoms. The van der Waals surface area contributed by atoms with Gasteiger partial charge in [-0.3, -0.25) is 0 Å². The summed E-state index contributed by atoms with van der Waals surface area (Å²) in [4.78, 5) is 0. The molecule has 2 heterocycles. The smallest absolute Gasteiger partial charge is 0.152 e. The molecule has 3 atom stereocenters. The van der Waals surface area contributed by atoms with Crippen LogP contribution in [0, 0.1) is 22.7 Å². The molecule has 0 aliphatic carbocycles. The van der Waals surface area contributed by atoms with Crippen LogP contribution in [0.25, 0.3) is 0 Å². The quantitative estimate of drug-likeness (QED) is 0.814. The van der Waals surface area contributed by atoms with Crippen molar-refractivity contribution in [2.75, 3.05) is 18.1 Å². The third-order valence-electron chi connectivity index (χ3n) is 4.54. The fourth-order valence-electron chi connectivity index (χ4n) is 3.14. The Morgan fingerprint density at radius 1 is 1.42 bits per heavy atom.